The Balaban J connectivity index is 1.28. The normalized spacial score (nSPS) is 12.2. The van der Waals surface area contributed by atoms with E-state index in [1.165, 1.54) is 0 Å². The van der Waals surface area contributed by atoms with Crippen LogP contribution in [0.3, 0.4) is 0 Å². The topological polar surface area (TPSA) is 211 Å². The van der Waals surface area contributed by atoms with Gasteiger partial charge in [0.1, 0.15) is 17.5 Å². The fraction of sp³-hybridized carbons (Fsp3) is 0.419. The molecule has 0 bridgehead atoms. The molecule has 270 valence electrons. The van der Waals surface area contributed by atoms with Crippen LogP contribution in [0.15, 0.2) is 30.3 Å². The van der Waals surface area contributed by atoms with Gasteiger partial charge in [-0.15, -0.1) is 20.4 Å². The average molecular weight is 773 g/mol. The van der Waals surface area contributed by atoms with Crippen LogP contribution < -0.4 is 22.1 Å². The zero-order chi connectivity index (χ0) is 36.3. The number of nitrogens with zero attached hydrogens (tertiary/aromatic N) is 6. The van der Waals surface area contributed by atoms with Crippen molar-refractivity contribution in [1.29, 1.82) is 0 Å². The van der Waals surface area contributed by atoms with Crippen molar-refractivity contribution in [2.45, 2.75) is 32.1 Å². The third kappa shape index (κ3) is 10.8. The first-order valence-electron chi connectivity index (χ1n) is 15.2. The van der Waals surface area contributed by atoms with Crippen molar-refractivity contribution in [3.63, 3.8) is 0 Å². The highest BCUT2D eigenvalue weighted by molar-refractivity contribution is 6.44. The summed E-state index contributed by atoms with van der Waals surface area (Å²) < 4.78 is 22.5. The molecule has 1 unspecified atom stereocenters. The summed E-state index contributed by atoms with van der Waals surface area (Å²) >= 11 is 25.6. The van der Waals surface area contributed by atoms with Gasteiger partial charge in [-0.25, -0.2) is 0 Å². The molecule has 2 heterocycles. The zero-order valence-corrected chi connectivity index (χ0v) is 30.6. The Bertz CT molecular complexity index is 1740. The summed E-state index contributed by atoms with van der Waals surface area (Å²) in [5.41, 5.74) is 14.0. The maximum Gasteiger partial charge on any atom is 0.245 e. The van der Waals surface area contributed by atoms with E-state index in [0.29, 0.717) is 45.6 Å². The average Bonchev–Trinajstić information content (AvgIpc) is 3.07. The van der Waals surface area contributed by atoms with Crippen LogP contribution in [0.4, 0.5) is 23.5 Å². The summed E-state index contributed by atoms with van der Waals surface area (Å²) in [7, 11) is 1.57. The van der Waals surface area contributed by atoms with Gasteiger partial charge in [-0.1, -0.05) is 70.7 Å². The van der Waals surface area contributed by atoms with Crippen molar-refractivity contribution >= 4 is 69.9 Å². The van der Waals surface area contributed by atoms with Gasteiger partial charge in [0.2, 0.25) is 11.9 Å². The third-order valence-corrected chi connectivity index (χ3v) is 8.59. The molecule has 0 spiro atoms. The largest absolute Gasteiger partial charge is 0.394 e. The Morgan fingerprint density at radius 3 is 2.18 bits per heavy atom. The molecule has 2 aromatic heterocycles. The summed E-state index contributed by atoms with van der Waals surface area (Å²) in [6.07, 6.45) is -0.383. The molecule has 0 aliphatic heterocycles. The first-order valence-corrected chi connectivity index (χ1v) is 16.8. The van der Waals surface area contributed by atoms with Crippen molar-refractivity contribution in [1.82, 2.24) is 30.4 Å². The second-order valence-corrected chi connectivity index (χ2v) is 13.0. The Kier molecular flexibility index (Phi) is 14.8. The van der Waals surface area contributed by atoms with E-state index >= 15 is 0 Å². The van der Waals surface area contributed by atoms with Crippen LogP contribution >= 0.6 is 46.4 Å². The maximum atomic E-state index is 8.93. The van der Waals surface area contributed by atoms with Crippen LogP contribution in [-0.4, -0.2) is 100 Å². The minimum Gasteiger partial charge on any atom is -0.394 e. The van der Waals surface area contributed by atoms with Crippen molar-refractivity contribution in [2.24, 2.45) is 0 Å². The summed E-state index contributed by atoms with van der Waals surface area (Å²) in [6.45, 7) is 5.52. The Morgan fingerprint density at radius 2 is 1.50 bits per heavy atom. The summed E-state index contributed by atoms with van der Waals surface area (Å²) in [6, 6.07) is 8.62. The maximum absolute atomic E-state index is 8.93. The lowest BCUT2D eigenvalue weighted by molar-refractivity contribution is -0.0518. The zero-order valence-electron chi connectivity index (χ0n) is 27.6. The minimum atomic E-state index is -0.540. The SMILES string of the molecule is COCC(COCc1ccc(-c2nnc(NC(C)(C)COCCO)nc2N)c(Cl)c1Cl)OCCNc1nnc(-c2cccc(Cl)c2Cl)c(N)n1. The lowest BCUT2D eigenvalue weighted by Crippen LogP contribution is -2.37. The van der Waals surface area contributed by atoms with E-state index in [-0.39, 0.29) is 85.0 Å². The molecule has 1 atom stereocenters. The molecule has 7 N–H and O–H groups in total. The van der Waals surface area contributed by atoms with Gasteiger partial charge in [0.25, 0.3) is 0 Å². The quantitative estimate of drug-likeness (QED) is 0.0792. The van der Waals surface area contributed by atoms with E-state index in [0.717, 1.165) is 0 Å². The molecule has 0 radical (unpaired) electrons. The van der Waals surface area contributed by atoms with Crippen LogP contribution in [0.25, 0.3) is 22.5 Å². The molecular weight excluding hydrogens is 734 g/mol. The monoisotopic (exact) mass is 770 g/mol. The summed E-state index contributed by atoms with van der Waals surface area (Å²) in [4.78, 5) is 8.58. The molecule has 0 saturated carbocycles. The van der Waals surface area contributed by atoms with Crippen molar-refractivity contribution in [2.75, 3.05) is 75.4 Å². The van der Waals surface area contributed by atoms with E-state index < -0.39 is 5.54 Å². The molecule has 0 fully saturated rings. The highest BCUT2D eigenvalue weighted by atomic mass is 35.5. The number of ether oxygens (including phenoxy) is 4. The van der Waals surface area contributed by atoms with Gasteiger partial charge in [0, 0.05) is 24.8 Å². The minimum absolute atomic E-state index is 0.0715. The Labute approximate surface area is 309 Å². The predicted octanol–water partition coefficient (Wildman–Crippen LogP) is 5.03. The lowest BCUT2D eigenvalue weighted by atomic mass is 10.1. The molecule has 4 aromatic rings. The number of hydrogen-bond acceptors (Lipinski definition) is 15. The van der Waals surface area contributed by atoms with E-state index in [1.807, 2.05) is 13.8 Å². The lowest BCUT2D eigenvalue weighted by Gasteiger charge is -2.25. The van der Waals surface area contributed by atoms with Gasteiger partial charge in [-0.3, -0.25) is 0 Å². The number of nitrogens with one attached hydrogen (secondary N) is 2. The highest BCUT2D eigenvalue weighted by Crippen LogP contribution is 2.37. The first kappa shape index (κ1) is 39.4. The van der Waals surface area contributed by atoms with Crippen molar-refractivity contribution < 1.29 is 24.1 Å². The number of hydrogen-bond donors (Lipinski definition) is 5. The number of rotatable bonds is 19. The number of benzene rings is 2. The summed E-state index contributed by atoms with van der Waals surface area (Å²) in [5, 5.41) is 32.9. The van der Waals surface area contributed by atoms with E-state index in [9.17, 15) is 0 Å². The molecular formula is C31H38Cl4N10O5. The number of aliphatic hydroxyl groups excluding tert-OH is 1. The van der Waals surface area contributed by atoms with Crippen LogP contribution in [0.2, 0.25) is 20.1 Å². The van der Waals surface area contributed by atoms with E-state index in [4.69, 9.17) is 81.9 Å². The molecule has 0 aliphatic rings. The molecule has 0 amide bonds. The van der Waals surface area contributed by atoms with Crippen LogP contribution in [0.1, 0.15) is 19.4 Å². The van der Waals surface area contributed by atoms with Gasteiger partial charge in [-0.2, -0.15) is 9.97 Å². The molecule has 2 aromatic carbocycles. The number of methoxy groups -OCH3 is 1. The van der Waals surface area contributed by atoms with E-state index in [1.54, 1.807) is 37.4 Å². The Hall–Kier alpha value is -3.38. The molecule has 15 nitrogen and oxygen atoms in total. The van der Waals surface area contributed by atoms with Crippen molar-refractivity contribution in [3.05, 3.63) is 56.0 Å². The van der Waals surface area contributed by atoms with Crippen LogP contribution in [-0.2, 0) is 25.6 Å². The van der Waals surface area contributed by atoms with Crippen LogP contribution in [0.5, 0.6) is 0 Å². The van der Waals surface area contributed by atoms with Gasteiger partial charge in [0.05, 0.1) is 71.9 Å². The standard InChI is InChI=1S/C31H38Cl4N10O5/c1-31(2,16-48-12-10-46)41-30-40-28(37)26(43-45-30)20-8-7-17(22(33)24(20)35)13-49-15-18(14-47-3)50-11-9-38-29-39-27(36)25(42-44-29)19-5-4-6-21(32)23(19)34/h4-8,18,46H,9-16H2,1-3H3,(H3,36,38,39,44)(H3,37,40,41,45). The second-order valence-electron chi connectivity index (χ2n) is 11.4. The fourth-order valence-corrected chi connectivity index (χ4v) is 5.39. The van der Waals surface area contributed by atoms with Gasteiger partial charge >= 0.3 is 0 Å². The van der Waals surface area contributed by atoms with E-state index in [2.05, 4.69) is 41.0 Å². The number of aromatic nitrogens is 6. The van der Waals surface area contributed by atoms with Crippen molar-refractivity contribution in [3.8, 4) is 22.5 Å². The molecule has 50 heavy (non-hydrogen) atoms. The molecule has 4 rings (SSSR count). The summed E-state index contributed by atoms with van der Waals surface area (Å²) in [5.74, 6) is 0.689. The number of anilines is 4. The smallest absolute Gasteiger partial charge is 0.245 e. The molecule has 0 saturated heterocycles. The fourth-order valence-electron chi connectivity index (χ4n) is 4.51. The van der Waals surface area contributed by atoms with Gasteiger partial charge in [0.15, 0.2) is 11.6 Å². The predicted molar refractivity (Wildman–Crippen MR) is 195 cm³/mol. The number of aliphatic hydroxyl groups is 1. The van der Waals surface area contributed by atoms with Crippen LogP contribution in [0, 0.1) is 0 Å². The first-order chi connectivity index (χ1) is 23.9. The Morgan fingerprint density at radius 1 is 0.820 bits per heavy atom. The highest BCUT2D eigenvalue weighted by Gasteiger charge is 2.22. The number of halogens is 4. The molecule has 0 aliphatic carbocycles. The number of nitrogens with two attached hydrogens (primary N) is 2. The van der Waals surface area contributed by atoms with Gasteiger partial charge in [-0.05, 0) is 25.5 Å². The molecule has 19 heteroatoms. The van der Waals surface area contributed by atoms with Gasteiger partial charge < -0.3 is 46.2 Å². The third-order valence-electron chi connectivity index (χ3n) is 6.85. The second kappa shape index (κ2) is 18.7. The number of nitrogen functional groups attached to an aromatic ring is 2.